The third-order valence-electron chi connectivity index (χ3n) is 4.54. The lowest BCUT2D eigenvalue weighted by atomic mass is 10.2. The van der Waals surface area contributed by atoms with Crippen LogP contribution in [0.15, 0.2) is 30.3 Å². The van der Waals surface area contributed by atoms with Gasteiger partial charge >= 0.3 is 12.1 Å². The average Bonchev–Trinajstić information content (AvgIpc) is 3.21. The minimum Gasteiger partial charge on any atom is -0.481 e. The van der Waals surface area contributed by atoms with E-state index in [9.17, 15) is 9.59 Å². The summed E-state index contributed by atoms with van der Waals surface area (Å²) in [4.78, 5) is 24.8. The van der Waals surface area contributed by atoms with Gasteiger partial charge in [0.1, 0.15) is 6.61 Å². The van der Waals surface area contributed by atoms with Crippen molar-refractivity contribution in [2.24, 2.45) is 17.8 Å². The summed E-state index contributed by atoms with van der Waals surface area (Å²) in [5.74, 6) is -0.388. The van der Waals surface area contributed by atoms with Crippen LogP contribution in [0.5, 0.6) is 0 Å². The fourth-order valence-electron chi connectivity index (χ4n) is 3.31. The quantitative estimate of drug-likeness (QED) is 0.927. The lowest BCUT2D eigenvalue weighted by Gasteiger charge is -2.20. The van der Waals surface area contributed by atoms with Gasteiger partial charge in [-0.3, -0.25) is 4.79 Å². The van der Waals surface area contributed by atoms with Crippen LogP contribution in [-0.4, -0.2) is 35.2 Å². The van der Waals surface area contributed by atoms with Crippen molar-refractivity contribution in [3.8, 4) is 0 Å². The van der Waals surface area contributed by atoms with Gasteiger partial charge in [-0.05, 0) is 30.2 Å². The molecule has 1 aromatic rings. The predicted molar refractivity (Wildman–Crippen MR) is 75.5 cm³/mol. The van der Waals surface area contributed by atoms with Crippen molar-refractivity contribution in [3.05, 3.63) is 35.9 Å². The molecule has 1 N–H and O–H groups in total. The Morgan fingerprint density at radius 1 is 1.14 bits per heavy atom. The molecule has 2 fully saturated rings. The lowest BCUT2D eigenvalue weighted by molar-refractivity contribution is -0.139. The van der Waals surface area contributed by atoms with Crippen molar-refractivity contribution in [1.29, 1.82) is 0 Å². The molecule has 1 saturated carbocycles. The summed E-state index contributed by atoms with van der Waals surface area (Å²) in [5, 5.41) is 9.06. The van der Waals surface area contributed by atoms with Crippen LogP contribution in [0.1, 0.15) is 18.4 Å². The Morgan fingerprint density at radius 3 is 2.33 bits per heavy atom. The van der Waals surface area contributed by atoms with Crippen molar-refractivity contribution in [3.63, 3.8) is 0 Å². The number of carbonyl (C=O) groups excluding carboxylic acids is 1. The number of rotatable bonds is 3. The number of carboxylic acid groups (broad SMARTS) is 1. The summed E-state index contributed by atoms with van der Waals surface area (Å²) >= 11 is 0. The van der Waals surface area contributed by atoms with E-state index in [1.54, 1.807) is 4.90 Å². The second kappa shape index (κ2) is 5.76. The molecule has 3 atom stereocenters. The van der Waals surface area contributed by atoms with Gasteiger partial charge in [0.15, 0.2) is 0 Å². The minimum absolute atomic E-state index is 0.188. The van der Waals surface area contributed by atoms with Crippen molar-refractivity contribution < 1.29 is 19.4 Å². The molecule has 5 heteroatoms. The summed E-state index contributed by atoms with van der Waals surface area (Å²) in [6.45, 7) is 1.47. The highest BCUT2D eigenvalue weighted by molar-refractivity contribution is 5.74. The normalized spacial score (nSPS) is 27.4. The number of nitrogens with zero attached hydrogens (tertiary/aromatic N) is 1. The van der Waals surface area contributed by atoms with Crippen LogP contribution in [0, 0.1) is 17.8 Å². The van der Waals surface area contributed by atoms with Crippen LogP contribution >= 0.6 is 0 Å². The highest BCUT2D eigenvalue weighted by Crippen LogP contribution is 2.52. The molecule has 1 saturated heterocycles. The Hall–Kier alpha value is -2.04. The summed E-state index contributed by atoms with van der Waals surface area (Å²) in [5.41, 5.74) is 0.967. The molecule has 1 aromatic carbocycles. The number of likely N-dealkylation sites (tertiary alicyclic amines) is 1. The van der Waals surface area contributed by atoms with Gasteiger partial charge in [0.25, 0.3) is 0 Å². The number of hydrogen-bond donors (Lipinski definition) is 1. The first-order valence-corrected chi connectivity index (χ1v) is 7.35. The van der Waals surface area contributed by atoms with E-state index in [0.29, 0.717) is 13.1 Å². The van der Waals surface area contributed by atoms with Gasteiger partial charge in [-0.1, -0.05) is 30.3 Å². The third-order valence-corrected chi connectivity index (χ3v) is 4.54. The van der Waals surface area contributed by atoms with Crippen molar-refractivity contribution >= 4 is 12.1 Å². The zero-order valence-corrected chi connectivity index (χ0v) is 11.8. The van der Waals surface area contributed by atoms with E-state index in [4.69, 9.17) is 9.84 Å². The van der Waals surface area contributed by atoms with Crippen LogP contribution in [0.25, 0.3) is 0 Å². The summed E-state index contributed by atoms with van der Waals surface area (Å²) in [6, 6.07) is 9.58. The molecule has 0 spiro atoms. The minimum atomic E-state index is -0.690. The van der Waals surface area contributed by atoms with Crippen LogP contribution in [0.2, 0.25) is 0 Å². The molecule has 21 heavy (non-hydrogen) atoms. The van der Waals surface area contributed by atoms with Gasteiger partial charge in [-0.25, -0.2) is 4.79 Å². The highest BCUT2D eigenvalue weighted by Gasteiger charge is 2.55. The molecule has 1 heterocycles. The van der Waals surface area contributed by atoms with E-state index in [1.165, 1.54) is 0 Å². The summed E-state index contributed by atoms with van der Waals surface area (Å²) in [7, 11) is 0. The maximum atomic E-state index is 12.0. The van der Waals surface area contributed by atoms with Crippen LogP contribution < -0.4 is 0 Å². The average molecular weight is 289 g/mol. The Bertz CT molecular complexity index is 516. The number of fused-ring (bicyclic) bond motifs is 1. The zero-order chi connectivity index (χ0) is 14.8. The van der Waals surface area contributed by atoms with E-state index in [2.05, 4.69) is 0 Å². The van der Waals surface area contributed by atoms with E-state index in [-0.39, 0.29) is 30.5 Å². The molecular formula is C16H19NO4. The molecule has 1 amide bonds. The van der Waals surface area contributed by atoms with Crippen molar-refractivity contribution in [1.82, 2.24) is 4.90 Å². The van der Waals surface area contributed by atoms with Gasteiger partial charge in [-0.2, -0.15) is 0 Å². The van der Waals surface area contributed by atoms with Gasteiger partial charge in [0.05, 0.1) is 5.92 Å². The molecule has 0 radical (unpaired) electrons. The van der Waals surface area contributed by atoms with Crippen LogP contribution in [0.4, 0.5) is 4.79 Å². The molecule has 1 aliphatic carbocycles. The fourth-order valence-corrected chi connectivity index (χ4v) is 3.31. The van der Waals surface area contributed by atoms with E-state index < -0.39 is 5.97 Å². The lowest BCUT2D eigenvalue weighted by Crippen LogP contribution is -2.33. The number of hydrogen-bond acceptors (Lipinski definition) is 3. The largest absolute Gasteiger partial charge is 0.481 e. The van der Waals surface area contributed by atoms with E-state index in [0.717, 1.165) is 18.4 Å². The molecule has 3 rings (SSSR count). The third kappa shape index (κ3) is 3.01. The van der Waals surface area contributed by atoms with Crippen LogP contribution in [-0.2, 0) is 16.1 Å². The number of amides is 1. The first-order chi connectivity index (χ1) is 10.2. The number of aliphatic carboxylic acids is 1. The molecule has 0 aromatic heterocycles. The Morgan fingerprint density at radius 2 is 1.76 bits per heavy atom. The van der Waals surface area contributed by atoms with Gasteiger partial charge in [0.2, 0.25) is 0 Å². The molecule has 0 bridgehead atoms. The molecule has 0 unspecified atom stereocenters. The Balaban J connectivity index is 1.48. The topological polar surface area (TPSA) is 66.8 Å². The standard InChI is InChI=1S/C16H19NO4/c18-15(19)14-12-6-8-17(9-7-13(12)14)16(20)21-10-11-4-2-1-3-5-11/h1-5,12-14H,6-10H2,(H,18,19)/t12-,13+,14-. The van der Waals surface area contributed by atoms with E-state index in [1.807, 2.05) is 30.3 Å². The number of benzene rings is 1. The van der Waals surface area contributed by atoms with Gasteiger partial charge in [-0.15, -0.1) is 0 Å². The monoisotopic (exact) mass is 289 g/mol. The fraction of sp³-hybridized carbons (Fsp3) is 0.500. The van der Waals surface area contributed by atoms with E-state index >= 15 is 0 Å². The number of ether oxygens (including phenoxy) is 1. The smallest absolute Gasteiger partial charge is 0.410 e. The maximum absolute atomic E-state index is 12.0. The Labute approximate surface area is 123 Å². The van der Waals surface area contributed by atoms with Crippen molar-refractivity contribution in [2.75, 3.05) is 13.1 Å². The van der Waals surface area contributed by atoms with Gasteiger partial charge < -0.3 is 14.7 Å². The SMILES string of the molecule is O=C(O)[C@@H]1[C@@H]2CCN(C(=O)OCc3ccccc3)CC[C@@H]21. The summed E-state index contributed by atoms with van der Waals surface area (Å²) in [6.07, 6.45) is 1.23. The summed E-state index contributed by atoms with van der Waals surface area (Å²) < 4.78 is 5.32. The van der Waals surface area contributed by atoms with Crippen molar-refractivity contribution in [2.45, 2.75) is 19.4 Å². The second-order valence-corrected chi connectivity index (χ2v) is 5.80. The second-order valence-electron chi connectivity index (χ2n) is 5.80. The van der Waals surface area contributed by atoms with Crippen LogP contribution in [0.3, 0.4) is 0 Å². The number of carboxylic acids is 1. The van der Waals surface area contributed by atoms with Gasteiger partial charge in [0, 0.05) is 13.1 Å². The highest BCUT2D eigenvalue weighted by atomic mass is 16.6. The maximum Gasteiger partial charge on any atom is 0.410 e. The Kier molecular flexibility index (Phi) is 3.82. The predicted octanol–water partition coefficient (Wildman–Crippen LogP) is 2.37. The molecule has 112 valence electrons. The molecule has 2 aliphatic rings. The zero-order valence-electron chi connectivity index (χ0n) is 11.8. The number of carbonyl (C=O) groups is 2. The molecule has 5 nitrogen and oxygen atoms in total. The first-order valence-electron chi connectivity index (χ1n) is 7.35. The molecule has 1 aliphatic heterocycles. The molecular weight excluding hydrogens is 270 g/mol. The first kappa shape index (κ1) is 13.9.